The SMILES string of the molecule is CN(CC1CC1)c1nc(Cl)nc2ccccc12. The Hall–Kier alpha value is -1.35. The molecule has 0 spiro atoms. The number of hydrogen-bond donors (Lipinski definition) is 0. The van der Waals surface area contributed by atoms with E-state index in [-0.39, 0.29) is 0 Å². The lowest BCUT2D eigenvalue weighted by atomic mass is 10.2. The number of rotatable bonds is 3. The van der Waals surface area contributed by atoms with Crippen molar-refractivity contribution in [3.8, 4) is 0 Å². The first-order valence-corrected chi connectivity index (χ1v) is 6.25. The maximum Gasteiger partial charge on any atom is 0.224 e. The molecule has 3 rings (SSSR count). The minimum atomic E-state index is 0.321. The molecule has 0 atom stereocenters. The predicted octanol–water partition coefficient (Wildman–Crippen LogP) is 3.13. The lowest BCUT2D eigenvalue weighted by Gasteiger charge is -2.19. The molecule has 1 heterocycles. The van der Waals surface area contributed by atoms with Gasteiger partial charge in [0.25, 0.3) is 0 Å². The van der Waals surface area contributed by atoms with Gasteiger partial charge in [0.1, 0.15) is 5.82 Å². The third kappa shape index (κ3) is 2.20. The molecule has 0 unspecified atom stereocenters. The van der Waals surface area contributed by atoms with E-state index in [1.54, 1.807) is 0 Å². The Kier molecular flexibility index (Phi) is 2.63. The van der Waals surface area contributed by atoms with Gasteiger partial charge in [0.15, 0.2) is 0 Å². The largest absolute Gasteiger partial charge is 0.359 e. The Morgan fingerprint density at radius 2 is 2.06 bits per heavy atom. The first-order valence-electron chi connectivity index (χ1n) is 5.87. The Morgan fingerprint density at radius 1 is 1.29 bits per heavy atom. The van der Waals surface area contributed by atoms with Crippen LogP contribution in [0, 0.1) is 5.92 Å². The van der Waals surface area contributed by atoms with Crippen molar-refractivity contribution < 1.29 is 0 Å². The second-order valence-electron chi connectivity index (χ2n) is 4.66. The standard InChI is InChI=1S/C13H14ClN3/c1-17(8-9-6-7-9)12-10-4-2-3-5-11(10)15-13(14)16-12/h2-5,9H,6-8H2,1H3. The zero-order valence-electron chi connectivity index (χ0n) is 9.73. The summed E-state index contributed by atoms with van der Waals surface area (Å²) in [5.74, 6) is 1.76. The minimum Gasteiger partial charge on any atom is -0.359 e. The van der Waals surface area contributed by atoms with E-state index in [0.29, 0.717) is 5.28 Å². The molecule has 1 fully saturated rings. The topological polar surface area (TPSA) is 29.0 Å². The summed E-state index contributed by atoms with van der Waals surface area (Å²) in [5, 5.41) is 1.39. The fourth-order valence-electron chi connectivity index (χ4n) is 2.10. The molecule has 2 aromatic rings. The molecule has 1 aromatic carbocycles. The molecule has 17 heavy (non-hydrogen) atoms. The van der Waals surface area contributed by atoms with Gasteiger partial charge in [0.05, 0.1) is 5.52 Å². The fraction of sp³-hybridized carbons (Fsp3) is 0.385. The van der Waals surface area contributed by atoms with Gasteiger partial charge in [-0.05, 0) is 42.5 Å². The van der Waals surface area contributed by atoms with Crippen LogP contribution in [0.15, 0.2) is 24.3 Å². The average molecular weight is 248 g/mol. The van der Waals surface area contributed by atoms with Crippen molar-refractivity contribution in [2.24, 2.45) is 5.92 Å². The van der Waals surface area contributed by atoms with E-state index < -0.39 is 0 Å². The van der Waals surface area contributed by atoms with Gasteiger partial charge in [0, 0.05) is 19.0 Å². The number of para-hydroxylation sites is 1. The summed E-state index contributed by atoms with van der Waals surface area (Å²) in [6, 6.07) is 7.99. The van der Waals surface area contributed by atoms with Crippen molar-refractivity contribution in [1.29, 1.82) is 0 Å². The van der Waals surface area contributed by atoms with E-state index in [1.807, 2.05) is 24.3 Å². The first kappa shape index (κ1) is 10.8. The highest BCUT2D eigenvalue weighted by Gasteiger charge is 2.24. The molecule has 0 amide bonds. The fourth-order valence-corrected chi connectivity index (χ4v) is 2.27. The van der Waals surface area contributed by atoms with Gasteiger partial charge in [-0.3, -0.25) is 0 Å². The molecule has 88 valence electrons. The van der Waals surface area contributed by atoms with E-state index in [0.717, 1.165) is 29.2 Å². The minimum absolute atomic E-state index is 0.321. The second-order valence-corrected chi connectivity index (χ2v) is 5.00. The molecule has 0 N–H and O–H groups in total. The molecule has 0 aliphatic heterocycles. The Balaban J connectivity index is 2.06. The van der Waals surface area contributed by atoms with E-state index in [9.17, 15) is 0 Å². The highest BCUT2D eigenvalue weighted by atomic mass is 35.5. The molecule has 0 saturated heterocycles. The normalized spacial score (nSPS) is 15.2. The lowest BCUT2D eigenvalue weighted by Crippen LogP contribution is -2.21. The van der Waals surface area contributed by atoms with Crippen molar-refractivity contribution in [3.63, 3.8) is 0 Å². The van der Waals surface area contributed by atoms with Crippen LogP contribution in [-0.2, 0) is 0 Å². The molecule has 1 aliphatic rings. The lowest BCUT2D eigenvalue weighted by molar-refractivity contribution is 0.779. The number of aromatic nitrogens is 2. The predicted molar refractivity (Wildman–Crippen MR) is 70.5 cm³/mol. The van der Waals surface area contributed by atoms with E-state index >= 15 is 0 Å². The summed E-state index contributed by atoms with van der Waals surface area (Å²) >= 11 is 5.97. The van der Waals surface area contributed by atoms with Crippen LogP contribution < -0.4 is 4.90 Å². The third-order valence-corrected chi connectivity index (χ3v) is 3.32. The van der Waals surface area contributed by atoms with Crippen molar-refractivity contribution in [2.45, 2.75) is 12.8 Å². The highest BCUT2D eigenvalue weighted by molar-refractivity contribution is 6.28. The van der Waals surface area contributed by atoms with Crippen LogP contribution in [0.2, 0.25) is 5.28 Å². The molecule has 3 nitrogen and oxygen atoms in total. The van der Waals surface area contributed by atoms with Crippen LogP contribution in [0.25, 0.3) is 10.9 Å². The van der Waals surface area contributed by atoms with Crippen LogP contribution in [-0.4, -0.2) is 23.6 Å². The Bertz CT molecular complexity index is 551. The van der Waals surface area contributed by atoms with Gasteiger partial charge < -0.3 is 4.90 Å². The maximum atomic E-state index is 5.97. The van der Waals surface area contributed by atoms with Crippen molar-refractivity contribution in [1.82, 2.24) is 9.97 Å². The number of hydrogen-bond acceptors (Lipinski definition) is 3. The van der Waals surface area contributed by atoms with Gasteiger partial charge in [0.2, 0.25) is 5.28 Å². The number of nitrogens with zero attached hydrogens (tertiary/aromatic N) is 3. The zero-order chi connectivity index (χ0) is 11.8. The van der Waals surface area contributed by atoms with Crippen LogP contribution in [0.3, 0.4) is 0 Å². The average Bonchev–Trinajstić information content (AvgIpc) is 3.11. The molecule has 1 aromatic heterocycles. The van der Waals surface area contributed by atoms with E-state index in [4.69, 9.17) is 11.6 Å². The van der Waals surface area contributed by atoms with Gasteiger partial charge in [-0.1, -0.05) is 12.1 Å². The summed E-state index contributed by atoms with van der Waals surface area (Å²) < 4.78 is 0. The maximum absolute atomic E-state index is 5.97. The molecule has 1 aliphatic carbocycles. The Morgan fingerprint density at radius 3 is 2.82 bits per heavy atom. The van der Waals surface area contributed by atoms with Gasteiger partial charge in [-0.25, -0.2) is 4.98 Å². The van der Waals surface area contributed by atoms with Gasteiger partial charge in [-0.15, -0.1) is 0 Å². The summed E-state index contributed by atoms with van der Waals surface area (Å²) in [7, 11) is 2.07. The number of fused-ring (bicyclic) bond motifs is 1. The third-order valence-electron chi connectivity index (χ3n) is 3.15. The molecule has 0 radical (unpaired) electrons. The number of anilines is 1. The zero-order valence-corrected chi connectivity index (χ0v) is 10.5. The Labute approximate surface area is 105 Å². The van der Waals surface area contributed by atoms with Gasteiger partial charge >= 0.3 is 0 Å². The van der Waals surface area contributed by atoms with Gasteiger partial charge in [-0.2, -0.15) is 4.98 Å². The van der Waals surface area contributed by atoms with Crippen molar-refractivity contribution in [2.75, 3.05) is 18.5 Å². The van der Waals surface area contributed by atoms with Crippen molar-refractivity contribution in [3.05, 3.63) is 29.5 Å². The van der Waals surface area contributed by atoms with Crippen LogP contribution in [0.1, 0.15) is 12.8 Å². The first-order chi connectivity index (χ1) is 8.24. The molecular weight excluding hydrogens is 234 g/mol. The van der Waals surface area contributed by atoms with Crippen LogP contribution in [0.5, 0.6) is 0 Å². The van der Waals surface area contributed by atoms with Crippen LogP contribution in [0.4, 0.5) is 5.82 Å². The molecule has 4 heteroatoms. The summed E-state index contributed by atoms with van der Waals surface area (Å²) in [5.41, 5.74) is 0.908. The number of benzene rings is 1. The van der Waals surface area contributed by atoms with Crippen LogP contribution >= 0.6 is 11.6 Å². The molecular formula is C13H14ClN3. The number of halogens is 1. The second kappa shape index (κ2) is 4.15. The molecule has 0 bridgehead atoms. The van der Waals surface area contributed by atoms with E-state index in [2.05, 4.69) is 21.9 Å². The summed E-state index contributed by atoms with van der Waals surface area (Å²) in [6.45, 7) is 1.05. The monoisotopic (exact) mass is 247 g/mol. The highest BCUT2D eigenvalue weighted by Crippen LogP contribution is 2.32. The molecule has 1 saturated carbocycles. The van der Waals surface area contributed by atoms with E-state index in [1.165, 1.54) is 12.8 Å². The smallest absolute Gasteiger partial charge is 0.224 e. The quantitative estimate of drug-likeness (QED) is 0.781. The summed E-state index contributed by atoms with van der Waals surface area (Å²) in [4.78, 5) is 10.8. The summed E-state index contributed by atoms with van der Waals surface area (Å²) in [6.07, 6.45) is 2.67. The van der Waals surface area contributed by atoms with Crippen molar-refractivity contribution >= 4 is 28.3 Å².